The number of hydrogen-bond donors (Lipinski definition) is 2. The van der Waals surface area contributed by atoms with Gasteiger partial charge in [0.25, 0.3) is 5.91 Å². The summed E-state index contributed by atoms with van der Waals surface area (Å²) in [5.41, 5.74) is 3.13. The number of rotatable bonds is 7. The summed E-state index contributed by atoms with van der Waals surface area (Å²) in [7, 11) is 3.28. The Hall–Kier alpha value is -2.37. The van der Waals surface area contributed by atoms with E-state index in [1.165, 1.54) is 5.01 Å². The maximum atomic E-state index is 11.8. The highest BCUT2D eigenvalue weighted by atomic mass is 32.1. The van der Waals surface area contributed by atoms with Gasteiger partial charge in [-0.3, -0.25) is 15.2 Å². The Labute approximate surface area is 141 Å². The standard InChI is InChI=1S/C15H20N4O3S/c1-19(15(23)17-8-3-9-21-2)18-14(20)11-22-13-6-4-12(10-16)5-7-13/h4-7H,3,8-9,11H2,1-2H3,(H,17,23)(H,18,20). The van der Waals surface area contributed by atoms with Crippen molar-refractivity contribution in [1.82, 2.24) is 15.8 Å². The van der Waals surface area contributed by atoms with Gasteiger partial charge >= 0.3 is 0 Å². The predicted molar refractivity (Wildman–Crippen MR) is 89.7 cm³/mol. The number of benzene rings is 1. The van der Waals surface area contributed by atoms with Crippen LogP contribution >= 0.6 is 12.2 Å². The lowest BCUT2D eigenvalue weighted by Crippen LogP contribution is -2.49. The fourth-order valence-corrected chi connectivity index (χ4v) is 1.72. The van der Waals surface area contributed by atoms with Gasteiger partial charge in [0.05, 0.1) is 11.6 Å². The molecule has 0 aliphatic carbocycles. The SMILES string of the molecule is COCCCNC(=S)N(C)NC(=O)COc1ccc(C#N)cc1. The van der Waals surface area contributed by atoms with Crippen LogP contribution in [0.2, 0.25) is 0 Å². The molecule has 1 aromatic carbocycles. The summed E-state index contributed by atoms with van der Waals surface area (Å²) >= 11 is 5.14. The van der Waals surface area contributed by atoms with E-state index >= 15 is 0 Å². The zero-order valence-corrected chi connectivity index (χ0v) is 14.0. The van der Waals surface area contributed by atoms with E-state index in [-0.39, 0.29) is 12.5 Å². The van der Waals surface area contributed by atoms with Gasteiger partial charge in [0.2, 0.25) is 0 Å². The molecule has 7 nitrogen and oxygen atoms in total. The topological polar surface area (TPSA) is 86.6 Å². The predicted octanol–water partition coefficient (Wildman–Crippen LogP) is 0.811. The van der Waals surface area contributed by atoms with Crippen LogP contribution in [0.3, 0.4) is 0 Å². The normalized spacial score (nSPS) is 9.61. The zero-order valence-electron chi connectivity index (χ0n) is 13.2. The maximum Gasteiger partial charge on any atom is 0.276 e. The minimum atomic E-state index is -0.335. The van der Waals surface area contributed by atoms with Gasteiger partial charge in [-0.1, -0.05) is 0 Å². The second-order valence-electron chi connectivity index (χ2n) is 4.60. The fraction of sp³-hybridized carbons (Fsp3) is 0.400. The van der Waals surface area contributed by atoms with Crippen molar-refractivity contribution in [1.29, 1.82) is 5.26 Å². The summed E-state index contributed by atoms with van der Waals surface area (Å²) in [5, 5.41) is 13.5. The van der Waals surface area contributed by atoms with Crippen molar-refractivity contribution in [3.05, 3.63) is 29.8 Å². The first-order valence-electron chi connectivity index (χ1n) is 6.99. The highest BCUT2D eigenvalue weighted by Gasteiger charge is 2.09. The van der Waals surface area contributed by atoms with Gasteiger partial charge in [-0.05, 0) is 42.9 Å². The number of hydrazine groups is 1. The van der Waals surface area contributed by atoms with Crippen LogP contribution in [0.15, 0.2) is 24.3 Å². The number of hydrogen-bond acceptors (Lipinski definition) is 5. The number of nitriles is 1. The molecule has 0 fully saturated rings. The molecule has 8 heteroatoms. The molecular weight excluding hydrogens is 316 g/mol. The van der Waals surface area contributed by atoms with E-state index in [0.29, 0.717) is 29.6 Å². The van der Waals surface area contributed by atoms with Crippen molar-refractivity contribution in [2.24, 2.45) is 0 Å². The highest BCUT2D eigenvalue weighted by Crippen LogP contribution is 2.11. The van der Waals surface area contributed by atoms with Crippen molar-refractivity contribution in [2.45, 2.75) is 6.42 Å². The zero-order chi connectivity index (χ0) is 17.1. The average Bonchev–Trinajstić information content (AvgIpc) is 2.57. The molecule has 0 aliphatic rings. The van der Waals surface area contributed by atoms with E-state index in [4.69, 9.17) is 27.0 Å². The molecule has 0 bridgehead atoms. The van der Waals surface area contributed by atoms with Gasteiger partial charge in [0.15, 0.2) is 11.7 Å². The van der Waals surface area contributed by atoms with Crippen molar-refractivity contribution in [2.75, 3.05) is 33.9 Å². The first-order chi connectivity index (χ1) is 11.1. The molecule has 1 aromatic rings. The first-order valence-corrected chi connectivity index (χ1v) is 7.40. The van der Waals surface area contributed by atoms with Crippen LogP contribution in [-0.4, -0.2) is 49.9 Å². The number of amides is 1. The highest BCUT2D eigenvalue weighted by molar-refractivity contribution is 7.80. The Bertz CT molecular complexity index is 557. The number of thiocarbonyl (C=S) groups is 1. The lowest BCUT2D eigenvalue weighted by atomic mass is 10.2. The molecular formula is C15H20N4O3S. The molecule has 1 rings (SSSR count). The quantitative estimate of drug-likeness (QED) is 0.433. The van der Waals surface area contributed by atoms with E-state index in [1.54, 1.807) is 38.4 Å². The molecule has 2 N–H and O–H groups in total. The first kappa shape index (κ1) is 18.7. The van der Waals surface area contributed by atoms with Gasteiger partial charge in [0, 0.05) is 27.3 Å². The Morgan fingerprint density at radius 3 is 2.70 bits per heavy atom. The minimum Gasteiger partial charge on any atom is -0.484 e. The lowest BCUT2D eigenvalue weighted by molar-refractivity contribution is -0.126. The summed E-state index contributed by atoms with van der Waals surface area (Å²) < 4.78 is 10.3. The van der Waals surface area contributed by atoms with Gasteiger partial charge in [0.1, 0.15) is 5.75 Å². The largest absolute Gasteiger partial charge is 0.484 e. The Morgan fingerprint density at radius 1 is 1.39 bits per heavy atom. The van der Waals surface area contributed by atoms with E-state index < -0.39 is 0 Å². The van der Waals surface area contributed by atoms with E-state index in [2.05, 4.69) is 10.7 Å². The number of nitrogens with one attached hydrogen (secondary N) is 2. The summed E-state index contributed by atoms with van der Waals surface area (Å²) in [5.74, 6) is 0.181. The molecule has 0 aromatic heterocycles. The van der Waals surface area contributed by atoms with Crippen LogP contribution in [-0.2, 0) is 9.53 Å². The number of nitrogens with zero attached hydrogens (tertiary/aromatic N) is 2. The van der Waals surface area contributed by atoms with Gasteiger partial charge < -0.3 is 14.8 Å². The summed E-state index contributed by atoms with van der Waals surface area (Å²) in [6.07, 6.45) is 0.820. The molecule has 0 saturated heterocycles. The number of carbonyl (C=O) groups excluding carboxylic acids is 1. The minimum absolute atomic E-state index is 0.150. The second kappa shape index (κ2) is 10.4. The molecule has 0 saturated carbocycles. The molecule has 0 spiro atoms. The van der Waals surface area contributed by atoms with Gasteiger partial charge in [-0.15, -0.1) is 0 Å². The van der Waals surface area contributed by atoms with Gasteiger partial charge in [-0.2, -0.15) is 5.26 Å². The molecule has 0 heterocycles. The van der Waals surface area contributed by atoms with Crippen LogP contribution in [0.5, 0.6) is 5.75 Å². The molecule has 0 unspecified atom stereocenters. The molecule has 23 heavy (non-hydrogen) atoms. The number of ether oxygens (including phenoxy) is 2. The molecule has 1 amide bonds. The second-order valence-corrected chi connectivity index (χ2v) is 4.98. The van der Waals surface area contributed by atoms with Crippen LogP contribution in [0.25, 0.3) is 0 Å². The van der Waals surface area contributed by atoms with Crippen molar-refractivity contribution < 1.29 is 14.3 Å². The third kappa shape index (κ3) is 7.44. The Morgan fingerprint density at radius 2 is 2.09 bits per heavy atom. The van der Waals surface area contributed by atoms with Crippen molar-refractivity contribution in [3.63, 3.8) is 0 Å². The number of methoxy groups -OCH3 is 1. The third-order valence-corrected chi connectivity index (χ3v) is 3.17. The van der Waals surface area contributed by atoms with E-state index in [9.17, 15) is 4.79 Å². The number of carbonyl (C=O) groups is 1. The maximum absolute atomic E-state index is 11.8. The average molecular weight is 336 g/mol. The smallest absolute Gasteiger partial charge is 0.276 e. The van der Waals surface area contributed by atoms with Crippen LogP contribution in [0.4, 0.5) is 0 Å². The van der Waals surface area contributed by atoms with Crippen LogP contribution in [0, 0.1) is 11.3 Å². The molecule has 0 radical (unpaired) electrons. The summed E-state index contributed by atoms with van der Waals surface area (Å²) in [6.45, 7) is 1.15. The van der Waals surface area contributed by atoms with E-state index in [1.807, 2.05) is 6.07 Å². The third-order valence-electron chi connectivity index (χ3n) is 2.75. The Balaban J connectivity index is 2.29. The Kier molecular flexibility index (Phi) is 8.42. The lowest BCUT2D eigenvalue weighted by Gasteiger charge is -2.21. The van der Waals surface area contributed by atoms with Crippen molar-refractivity contribution >= 4 is 23.2 Å². The fourth-order valence-electron chi connectivity index (χ4n) is 1.58. The van der Waals surface area contributed by atoms with Crippen LogP contribution < -0.4 is 15.5 Å². The van der Waals surface area contributed by atoms with Crippen molar-refractivity contribution in [3.8, 4) is 11.8 Å². The summed E-state index contributed by atoms with van der Waals surface area (Å²) in [6, 6.07) is 8.53. The molecule has 0 atom stereocenters. The molecule has 124 valence electrons. The van der Waals surface area contributed by atoms with E-state index in [0.717, 1.165) is 6.42 Å². The van der Waals surface area contributed by atoms with Gasteiger partial charge in [-0.25, -0.2) is 0 Å². The monoisotopic (exact) mass is 336 g/mol. The molecule has 0 aliphatic heterocycles. The van der Waals surface area contributed by atoms with Crippen LogP contribution in [0.1, 0.15) is 12.0 Å². The summed E-state index contributed by atoms with van der Waals surface area (Å²) in [4.78, 5) is 11.8.